The fraction of sp³-hybridized carbons (Fsp3) is 0.171. The summed E-state index contributed by atoms with van der Waals surface area (Å²) < 4.78 is 0. The molecule has 2 heteroatoms. The molecular formula is C35H30NSi. The number of aryl methyl sites for hydroxylation is 1. The Labute approximate surface area is 221 Å². The van der Waals surface area contributed by atoms with Crippen LogP contribution in [0.4, 0.5) is 5.69 Å². The zero-order chi connectivity index (χ0) is 25.4. The van der Waals surface area contributed by atoms with Crippen LogP contribution in [0.2, 0.25) is 13.1 Å². The van der Waals surface area contributed by atoms with Crippen molar-refractivity contribution >= 4 is 36.5 Å². The highest BCUT2D eigenvalue weighted by Gasteiger charge is 2.40. The molecule has 0 aromatic heterocycles. The highest BCUT2D eigenvalue weighted by molar-refractivity contribution is 6.72. The molecule has 4 aromatic carbocycles. The van der Waals surface area contributed by atoms with Crippen molar-refractivity contribution < 1.29 is 0 Å². The molecule has 0 fully saturated rings. The predicted octanol–water partition coefficient (Wildman–Crippen LogP) is 8.46. The van der Waals surface area contributed by atoms with E-state index in [2.05, 4.69) is 119 Å². The molecule has 0 atom stereocenters. The van der Waals surface area contributed by atoms with Gasteiger partial charge in [-0.15, -0.1) is 0 Å². The van der Waals surface area contributed by atoms with Gasteiger partial charge in [0, 0.05) is 17.1 Å². The normalized spacial score (nSPS) is 15.8. The Hall–Kier alpha value is -3.75. The van der Waals surface area contributed by atoms with Crippen molar-refractivity contribution in [1.29, 1.82) is 0 Å². The summed E-state index contributed by atoms with van der Waals surface area (Å²) in [5.41, 5.74) is 18.8. The van der Waals surface area contributed by atoms with Crippen molar-refractivity contribution in [3.05, 3.63) is 129 Å². The second-order valence-corrected chi connectivity index (χ2v) is 13.3. The molecule has 0 N–H and O–H groups in total. The Morgan fingerprint density at radius 2 is 1.27 bits per heavy atom. The van der Waals surface area contributed by atoms with Gasteiger partial charge in [0.15, 0.2) is 0 Å². The van der Waals surface area contributed by atoms with Gasteiger partial charge in [-0.1, -0.05) is 97.1 Å². The predicted molar refractivity (Wildman–Crippen MR) is 160 cm³/mol. The van der Waals surface area contributed by atoms with Crippen LogP contribution in [0.15, 0.2) is 101 Å². The van der Waals surface area contributed by atoms with Crippen molar-refractivity contribution in [2.75, 3.05) is 0 Å². The van der Waals surface area contributed by atoms with E-state index in [1.807, 2.05) is 0 Å². The molecule has 7 rings (SSSR count). The zero-order valence-electron chi connectivity index (χ0n) is 22.1. The van der Waals surface area contributed by atoms with Crippen LogP contribution in [-0.2, 0) is 0 Å². The third kappa shape index (κ3) is 3.06. The van der Waals surface area contributed by atoms with Gasteiger partial charge < -0.3 is 0 Å². The number of allylic oxidation sites excluding steroid dienone is 4. The highest BCUT2D eigenvalue weighted by atomic mass is 28.3. The van der Waals surface area contributed by atoms with Gasteiger partial charge in [0.05, 0.1) is 20.2 Å². The molecule has 0 unspecified atom stereocenters. The van der Waals surface area contributed by atoms with E-state index in [4.69, 9.17) is 4.99 Å². The molecule has 37 heavy (non-hydrogen) atoms. The van der Waals surface area contributed by atoms with E-state index < -0.39 is 8.80 Å². The van der Waals surface area contributed by atoms with Crippen LogP contribution >= 0.6 is 0 Å². The van der Waals surface area contributed by atoms with Gasteiger partial charge in [0.1, 0.15) is 0 Å². The summed E-state index contributed by atoms with van der Waals surface area (Å²) in [4.78, 5) is 5.34. The Morgan fingerprint density at radius 3 is 1.89 bits per heavy atom. The van der Waals surface area contributed by atoms with Gasteiger partial charge in [-0.2, -0.15) is 0 Å². The molecule has 1 radical (unpaired) electrons. The van der Waals surface area contributed by atoms with Gasteiger partial charge in [-0.25, -0.2) is 4.99 Å². The lowest BCUT2D eigenvalue weighted by atomic mass is 9.81. The Bertz CT molecular complexity index is 1670. The lowest BCUT2D eigenvalue weighted by Gasteiger charge is -2.26. The minimum Gasteiger partial charge on any atom is -0.247 e. The first kappa shape index (κ1) is 22.4. The number of nitrogens with zero attached hydrogens (tertiary/aromatic N) is 1. The zero-order valence-corrected chi connectivity index (χ0v) is 23.1. The largest absolute Gasteiger partial charge is 0.247 e. The first-order valence-corrected chi connectivity index (χ1v) is 15.7. The minimum absolute atomic E-state index is 0.219. The third-order valence-electron chi connectivity index (χ3n) is 8.49. The van der Waals surface area contributed by atoms with E-state index in [9.17, 15) is 0 Å². The van der Waals surface area contributed by atoms with Gasteiger partial charge in [-0.3, -0.25) is 0 Å². The quantitative estimate of drug-likeness (QED) is 0.224. The monoisotopic (exact) mass is 492 g/mol. The molecular weight excluding hydrogens is 462 g/mol. The molecule has 1 aliphatic heterocycles. The highest BCUT2D eigenvalue weighted by Crippen LogP contribution is 2.55. The van der Waals surface area contributed by atoms with E-state index in [1.165, 1.54) is 72.5 Å². The number of hydrogen-bond donors (Lipinski definition) is 0. The van der Waals surface area contributed by atoms with E-state index >= 15 is 0 Å². The Kier molecular flexibility index (Phi) is 4.93. The standard InChI is InChI=1S/C35H30NSi/c1-20-19-28-31(32-29(23-13-7-6-8-14-23)21(2)22(3)34(32)36-28)33(35(20)37(4)5)30-26-17-11-9-15-24(26)25-16-10-12-18-27(25)30/h6-19,30H,1-5H3. The first-order valence-electron chi connectivity index (χ1n) is 13.2. The van der Waals surface area contributed by atoms with Gasteiger partial charge in [0.2, 0.25) is 0 Å². The van der Waals surface area contributed by atoms with Crippen LogP contribution in [0, 0.1) is 6.92 Å². The fourth-order valence-corrected chi connectivity index (χ4v) is 8.59. The van der Waals surface area contributed by atoms with Crippen molar-refractivity contribution in [3.8, 4) is 11.1 Å². The SMILES string of the molecule is CC1=C(C)C(c2ccccc2)=C2C1=Nc1cc(C)c([Si](C)C)c(C3c4ccccc4-c4ccccc43)c12. The molecule has 0 amide bonds. The van der Waals surface area contributed by atoms with Gasteiger partial charge in [0.25, 0.3) is 0 Å². The maximum atomic E-state index is 5.34. The molecule has 1 nitrogen and oxygen atoms in total. The molecule has 4 aromatic rings. The summed E-state index contributed by atoms with van der Waals surface area (Å²) in [6, 6.07) is 31.4. The van der Waals surface area contributed by atoms with E-state index in [0.717, 1.165) is 5.69 Å². The summed E-state index contributed by atoms with van der Waals surface area (Å²) in [6.07, 6.45) is 0. The summed E-state index contributed by atoms with van der Waals surface area (Å²) in [6.45, 7) is 11.7. The summed E-state index contributed by atoms with van der Waals surface area (Å²) in [7, 11) is -0.756. The van der Waals surface area contributed by atoms with Crippen molar-refractivity contribution in [3.63, 3.8) is 0 Å². The minimum atomic E-state index is -0.756. The maximum absolute atomic E-state index is 5.34. The summed E-state index contributed by atoms with van der Waals surface area (Å²) >= 11 is 0. The summed E-state index contributed by atoms with van der Waals surface area (Å²) in [5, 5.41) is 1.57. The van der Waals surface area contributed by atoms with E-state index in [-0.39, 0.29) is 5.92 Å². The number of hydrogen-bond acceptors (Lipinski definition) is 1. The topological polar surface area (TPSA) is 12.4 Å². The average molecular weight is 493 g/mol. The van der Waals surface area contributed by atoms with Crippen LogP contribution < -0.4 is 5.19 Å². The second kappa shape index (κ2) is 8.13. The molecule has 0 bridgehead atoms. The fourth-order valence-electron chi connectivity index (χ4n) is 6.92. The van der Waals surface area contributed by atoms with Crippen LogP contribution in [-0.4, -0.2) is 14.5 Å². The van der Waals surface area contributed by atoms with Crippen LogP contribution in [0.1, 0.15) is 53.1 Å². The molecule has 179 valence electrons. The molecule has 1 heterocycles. The number of rotatable bonds is 3. The molecule has 0 saturated heterocycles. The first-order chi connectivity index (χ1) is 18.0. The van der Waals surface area contributed by atoms with Crippen molar-refractivity contribution in [1.82, 2.24) is 0 Å². The lowest BCUT2D eigenvalue weighted by Crippen LogP contribution is -2.32. The molecule has 0 saturated carbocycles. The van der Waals surface area contributed by atoms with Crippen molar-refractivity contribution in [2.24, 2.45) is 4.99 Å². The smallest absolute Gasteiger partial charge is 0.0799 e. The number of benzene rings is 4. The average Bonchev–Trinajstić information content (AvgIpc) is 3.51. The molecule has 2 aliphatic carbocycles. The van der Waals surface area contributed by atoms with Gasteiger partial charge in [-0.05, 0) is 82.5 Å². The lowest BCUT2D eigenvalue weighted by molar-refractivity contribution is 1.02. The molecule has 0 spiro atoms. The van der Waals surface area contributed by atoms with Crippen LogP contribution in [0.3, 0.4) is 0 Å². The van der Waals surface area contributed by atoms with E-state index in [0.29, 0.717) is 0 Å². The van der Waals surface area contributed by atoms with E-state index in [1.54, 1.807) is 5.19 Å². The maximum Gasteiger partial charge on any atom is 0.0799 e. The third-order valence-corrected chi connectivity index (χ3v) is 10.2. The van der Waals surface area contributed by atoms with Gasteiger partial charge >= 0.3 is 0 Å². The Balaban J connectivity index is 1.62. The van der Waals surface area contributed by atoms with Crippen molar-refractivity contribution in [2.45, 2.75) is 39.8 Å². The van der Waals surface area contributed by atoms with Crippen LogP contribution in [0.25, 0.3) is 22.3 Å². The number of fused-ring (bicyclic) bond motifs is 6. The number of aliphatic imine (C=N–C) groups is 1. The Morgan fingerprint density at radius 1 is 0.676 bits per heavy atom. The summed E-state index contributed by atoms with van der Waals surface area (Å²) in [5.74, 6) is 0.219. The molecule has 3 aliphatic rings. The van der Waals surface area contributed by atoms with Crippen LogP contribution in [0.5, 0.6) is 0 Å². The second-order valence-electron chi connectivity index (χ2n) is 10.8.